The molecule has 0 unspecified atom stereocenters. The SMILES string of the molecule is CNC(=O)CC1=C(C)OC=CC1. The lowest BCUT2D eigenvalue weighted by molar-refractivity contribution is -0.120. The molecule has 0 aromatic heterocycles. The molecule has 1 amide bonds. The highest BCUT2D eigenvalue weighted by molar-refractivity contribution is 5.78. The molecule has 0 radical (unpaired) electrons. The van der Waals surface area contributed by atoms with Crippen LogP contribution in [0.5, 0.6) is 0 Å². The summed E-state index contributed by atoms with van der Waals surface area (Å²) in [5, 5.41) is 2.58. The average Bonchev–Trinajstić information content (AvgIpc) is 2.09. The fraction of sp³-hybridized carbons (Fsp3) is 0.444. The van der Waals surface area contributed by atoms with Crippen molar-refractivity contribution in [2.24, 2.45) is 0 Å². The van der Waals surface area contributed by atoms with Gasteiger partial charge in [-0.3, -0.25) is 4.79 Å². The van der Waals surface area contributed by atoms with Gasteiger partial charge >= 0.3 is 0 Å². The molecule has 0 atom stereocenters. The number of carbonyl (C=O) groups excluding carboxylic acids is 1. The maximum absolute atomic E-state index is 11.0. The zero-order valence-corrected chi connectivity index (χ0v) is 7.39. The van der Waals surface area contributed by atoms with Crippen molar-refractivity contribution in [2.45, 2.75) is 19.8 Å². The minimum atomic E-state index is 0.0308. The van der Waals surface area contributed by atoms with Crippen LogP contribution in [-0.4, -0.2) is 13.0 Å². The lowest BCUT2D eigenvalue weighted by Crippen LogP contribution is -2.18. The van der Waals surface area contributed by atoms with Gasteiger partial charge in [-0.2, -0.15) is 0 Å². The molecule has 0 aromatic carbocycles. The van der Waals surface area contributed by atoms with Crippen molar-refractivity contribution in [2.75, 3.05) is 7.05 Å². The average molecular weight is 167 g/mol. The van der Waals surface area contributed by atoms with Crippen molar-refractivity contribution in [1.82, 2.24) is 5.32 Å². The van der Waals surface area contributed by atoms with Crippen molar-refractivity contribution in [3.05, 3.63) is 23.7 Å². The Balaban J connectivity index is 2.56. The predicted molar refractivity (Wildman–Crippen MR) is 46.2 cm³/mol. The fourth-order valence-electron chi connectivity index (χ4n) is 1.05. The largest absolute Gasteiger partial charge is 0.470 e. The molecule has 1 aliphatic heterocycles. The lowest BCUT2D eigenvalue weighted by atomic mass is 10.1. The Morgan fingerprint density at radius 3 is 3.08 bits per heavy atom. The third-order valence-corrected chi connectivity index (χ3v) is 1.86. The van der Waals surface area contributed by atoms with Gasteiger partial charge in [0.25, 0.3) is 0 Å². The summed E-state index contributed by atoms with van der Waals surface area (Å²) < 4.78 is 5.15. The van der Waals surface area contributed by atoms with Crippen LogP contribution in [0, 0.1) is 0 Å². The molecule has 1 N–H and O–H groups in total. The van der Waals surface area contributed by atoms with Gasteiger partial charge in [0.2, 0.25) is 5.91 Å². The molecule has 1 aliphatic rings. The smallest absolute Gasteiger partial charge is 0.223 e. The van der Waals surface area contributed by atoms with Crippen LogP contribution in [-0.2, 0) is 9.53 Å². The molecule has 1 rings (SSSR count). The monoisotopic (exact) mass is 167 g/mol. The summed E-state index contributed by atoms with van der Waals surface area (Å²) in [7, 11) is 1.64. The zero-order valence-electron chi connectivity index (χ0n) is 7.39. The number of ether oxygens (including phenoxy) is 1. The number of rotatable bonds is 2. The van der Waals surface area contributed by atoms with Crippen LogP contribution in [0.3, 0.4) is 0 Å². The van der Waals surface area contributed by atoms with Crippen molar-refractivity contribution in [1.29, 1.82) is 0 Å². The maximum atomic E-state index is 11.0. The lowest BCUT2D eigenvalue weighted by Gasteiger charge is -2.12. The van der Waals surface area contributed by atoms with Crippen LogP contribution in [0.4, 0.5) is 0 Å². The molecule has 0 aliphatic carbocycles. The summed E-state index contributed by atoms with van der Waals surface area (Å²) in [5.74, 6) is 0.879. The molecule has 0 saturated heterocycles. The third kappa shape index (κ3) is 2.12. The van der Waals surface area contributed by atoms with E-state index < -0.39 is 0 Å². The summed E-state index contributed by atoms with van der Waals surface area (Å²) in [4.78, 5) is 11.0. The molecule has 1 heterocycles. The highest BCUT2D eigenvalue weighted by atomic mass is 16.5. The number of carbonyl (C=O) groups is 1. The van der Waals surface area contributed by atoms with Crippen LogP contribution in [0.2, 0.25) is 0 Å². The third-order valence-electron chi connectivity index (χ3n) is 1.86. The van der Waals surface area contributed by atoms with Gasteiger partial charge in [-0.25, -0.2) is 0 Å². The summed E-state index contributed by atoms with van der Waals surface area (Å²) in [6.07, 6.45) is 4.82. The molecule has 0 bridgehead atoms. The topological polar surface area (TPSA) is 38.3 Å². The van der Waals surface area contributed by atoms with E-state index in [1.54, 1.807) is 13.3 Å². The first-order chi connectivity index (χ1) is 5.74. The minimum Gasteiger partial charge on any atom is -0.470 e. The second-order valence-electron chi connectivity index (χ2n) is 2.70. The molecular weight excluding hydrogens is 154 g/mol. The Hall–Kier alpha value is -1.25. The van der Waals surface area contributed by atoms with Crippen LogP contribution in [0.25, 0.3) is 0 Å². The van der Waals surface area contributed by atoms with E-state index in [9.17, 15) is 4.79 Å². The van der Waals surface area contributed by atoms with Crippen molar-refractivity contribution in [3.63, 3.8) is 0 Å². The van der Waals surface area contributed by atoms with E-state index in [0.717, 1.165) is 17.8 Å². The van der Waals surface area contributed by atoms with Gasteiger partial charge in [-0.05, 0) is 25.0 Å². The van der Waals surface area contributed by atoms with Gasteiger partial charge < -0.3 is 10.1 Å². The quantitative estimate of drug-likeness (QED) is 0.673. The Bertz CT molecular complexity index is 241. The molecule has 0 saturated carbocycles. The van der Waals surface area contributed by atoms with E-state index in [2.05, 4.69) is 5.32 Å². The van der Waals surface area contributed by atoms with E-state index in [-0.39, 0.29) is 5.91 Å². The summed E-state index contributed by atoms with van der Waals surface area (Å²) in [6.45, 7) is 1.88. The number of allylic oxidation sites excluding steroid dienone is 2. The van der Waals surface area contributed by atoms with Crippen LogP contribution in [0.15, 0.2) is 23.7 Å². The van der Waals surface area contributed by atoms with Crippen molar-refractivity contribution in [3.8, 4) is 0 Å². The molecule has 3 nitrogen and oxygen atoms in total. The molecular formula is C9H13NO2. The molecule has 0 fully saturated rings. The van der Waals surface area contributed by atoms with Gasteiger partial charge in [0.1, 0.15) is 5.76 Å². The standard InChI is InChI=1S/C9H13NO2/c1-7-8(4-3-5-12-7)6-9(11)10-2/h3,5H,4,6H2,1-2H3,(H,10,11). The molecule has 0 spiro atoms. The summed E-state index contributed by atoms with van der Waals surface area (Å²) in [5.41, 5.74) is 1.05. The van der Waals surface area contributed by atoms with E-state index in [1.807, 2.05) is 13.0 Å². The van der Waals surface area contributed by atoms with Gasteiger partial charge in [0, 0.05) is 7.05 Å². The Morgan fingerprint density at radius 2 is 2.50 bits per heavy atom. The van der Waals surface area contributed by atoms with Gasteiger partial charge in [-0.1, -0.05) is 0 Å². The molecule has 66 valence electrons. The predicted octanol–water partition coefficient (Wildman–Crippen LogP) is 1.33. The Kier molecular flexibility index (Phi) is 2.91. The second-order valence-corrected chi connectivity index (χ2v) is 2.70. The molecule has 3 heteroatoms. The van der Waals surface area contributed by atoms with Gasteiger partial charge in [0.15, 0.2) is 0 Å². The van der Waals surface area contributed by atoms with E-state index in [0.29, 0.717) is 6.42 Å². The van der Waals surface area contributed by atoms with E-state index in [4.69, 9.17) is 4.74 Å². The number of nitrogens with one attached hydrogen (secondary N) is 1. The number of amides is 1. The summed E-state index contributed by atoms with van der Waals surface area (Å²) in [6, 6.07) is 0. The van der Waals surface area contributed by atoms with Gasteiger partial charge in [0.05, 0.1) is 12.7 Å². The van der Waals surface area contributed by atoms with Crippen LogP contribution >= 0.6 is 0 Å². The minimum absolute atomic E-state index is 0.0308. The first kappa shape index (κ1) is 8.84. The fourth-order valence-corrected chi connectivity index (χ4v) is 1.05. The van der Waals surface area contributed by atoms with Crippen LogP contribution < -0.4 is 5.32 Å². The van der Waals surface area contributed by atoms with Crippen molar-refractivity contribution < 1.29 is 9.53 Å². The first-order valence-electron chi connectivity index (χ1n) is 3.95. The van der Waals surface area contributed by atoms with Crippen molar-refractivity contribution >= 4 is 5.91 Å². The summed E-state index contributed by atoms with van der Waals surface area (Å²) >= 11 is 0. The highest BCUT2D eigenvalue weighted by Crippen LogP contribution is 2.19. The zero-order chi connectivity index (χ0) is 8.97. The highest BCUT2D eigenvalue weighted by Gasteiger charge is 2.09. The normalized spacial score (nSPS) is 15.8. The first-order valence-corrected chi connectivity index (χ1v) is 3.95. The van der Waals surface area contributed by atoms with Crippen LogP contribution in [0.1, 0.15) is 19.8 Å². The maximum Gasteiger partial charge on any atom is 0.223 e. The van der Waals surface area contributed by atoms with E-state index >= 15 is 0 Å². The van der Waals surface area contributed by atoms with Gasteiger partial charge in [-0.15, -0.1) is 0 Å². The molecule has 0 aromatic rings. The molecule has 12 heavy (non-hydrogen) atoms. The van der Waals surface area contributed by atoms with E-state index in [1.165, 1.54) is 0 Å². The number of hydrogen-bond donors (Lipinski definition) is 1. The second kappa shape index (κ2) is 3.95. The Morgan fingerprint density at radius 1 is 1.75 bits per heavy atom. The number of hydrogen-bond acceptors (Lipinski definition) is 2. The Labute approximate surface area is 72.1 Å².